The Bertz CT molecular complexity index is 416. The molecule has 16 heavy (non-hydrogen) atoms. The van der Waals surface area contributed by atoms with Crippen LogP contribution in [0.5, 0.6) is 0 Å². The minimum atomic E-state index is -0.0980. The molecular formula is C13H15NO2. The SMILES string of the molecule is O=C1CN2c3ccccc3CCC2CCO1. The standard InChI is InChI=1S/C13H15NO2/c15-13-9-14-11(7-8-16-13)6-5-10-3-1-2-4-12(10)14/h1-4,11H,5-9H2. The average Bonchev–Trinajstić information content (AvgIpc) is 2.50. The molecule has 84 valence electrons. The van der Waals surface area contributed by atoms with Crippen LogP contribution in [0.3, 0.4) is 0 Å². The second-order valence-corrected chi connectivity index (χ2v) is 4.46. The number of fused-ring (bicyclic) bond motifs is 3. The van der Waals surface area contributed by atoms with Gasteiger partial charge in [-0.1, -0.05) is 18.2 Å². The highest BCUT2D eigenvalue weighted by Crippen LogP contribution is 2.32. The van der Waals surface area contributed by atoms with Gasteiger partial charge in [-0.15, -0.1) is 0 Å². The first kappa shape index (κ1) is 9.70. The zero-order valence-electron chi connectivity index (χ0n) is 9.19. The number of cyclic esters (lactones) is 1. The molecule has 0 aromatic heterocycles. The summed E-state index contributed by atoms with van der Waals surface area (Å²) in [5.41, 5.74) is 2.58. The third-order valence-electron chi connectivity index (χ3n) is 3.50. The van der Waals surface area contributed by atoms with Crippen LogP contribution in [0.15, 0.2) is 24.3 Å². The lowest BCUT2D eigenvalue weighted by atomic mass is 9.94. The summed E-state index contributed by atoms with van der Waals surface area (Å²) in [6.07, 6.45) is 3.21. The number of ether oxygens (including phenoxy) is 1. The van der Waals surface area contributed by atoms with E-state index < -0.39 is 0 Å². The fourth-order valence-electron chi connectivity index (χ4n) is 2.69. The second kappa shape index (κ2) is 3.81. The molecule has 1 unspecified atom stereocenters. The van der Waals surface area contributed by atoms with Crippen molar-refractivity contribution >= 4 is 11.7 Å². The van der Waals surface area contributed by atoms with Gasteiger partial charge in [0.15, 0.2) is 0 Å². The number of aryl methyl sites for hydroxylation is 1. The molecule has 1 saturated heterocycles. The van der Waals surface area contributed by atoms with E-state index in [1.165, 1.54) is 11.3 Å². The number of para-hydroxylation sites is 1. The Morgan fingerprint density at radius 3 is 3.06 bits per heavy atom. The average molecular weight is 217 g/mol. The van der Waals surface area contributed by atoms with Gasteiger partial charge in [-0.05, 0) is 24.5 Å². The van der Waals surface area contributed by atoms with Gasteiger partial charge < -0.3 is 9.64 Å². The molecule has 3 rings (SSSR count). The molecule has 0 radical (unpaired) electrons. The van der Waals surface area contributed by atoms with Crippen molar-refractivity contribution in [1.29, 1.82) is 0 Å². The van der Waals surface area contributed by atoms with Crippen molar-refractivity contribution in [1.82, 2.24) is 0 Å². The van der Waals surface area contributed by atoms with Gasteiger partial charge in [-0.2, -0.15) is 0 Å². The van der Waals surface area contributed by atoms with Crippen LogP contribution in [0, 0.1) is 0 Å². The predicted molar refractivity (Wildman–Crippen MR) is 61.5 cm³/mol. The van der Waals surface area contributed by atoms with E-state index >= 15 is 0 Å². The Labute approximate surface area is 95.0 Å². The van der Waals surface area contributed by atoms with Gasteiger partial charge in [-0.25, -0.2) is 0 Å². The summed E-state index contributed by atoms with van der Waals surface area (Å²) in [6.45, 7) is 0.976. The van der Waals surface area contributed by atoms with E-state index in [1.54, 1.807) is 0 Å². The molecule has 1 aromatic carbocycles. The number of carbonyl (C=O) groups excluding carboxylic acids is 1. The van der Waals surface area contributed by atoms with Crippen LogP contribution < -0.4 is 4.90 Å². The maximum atomic E-state index is 11.5. The Morgan fingerprint density at radius 1 is 1.25 bits per heavy atom. The Morgan fingerprint density at radius 2 is 2.12 bits per heavy atom. The van der Waals surface area contributed by atoms with E-state index in [1.807, 2.05) is 6.07 Å². The summed E-state index contributed by atoms with van der Waals surface area (Å²) in [4.78, 5) is 13.7. The van der Waals surface area contributed by atoms with Gasteiger partial charge in [0.2, 0.25) is 0 Å². The molecule has 0 spiro atoms. The molecule has 0 N–H and O–H groups in total. The summed E-state index contributed by atoms with van der Waals surface area (Å²) in [6, 6.07) is 8.84. The summed E-state index contributed by atoms with van der Waals surface area (Å²) in [7, 11) is 0. The highest BCUT2D eigenvalue weighted by atomic mass is 16.5. The quantitative estimate of drug-likeness (QED) is 0.620. The smallest absolute Gasteiger partial charge is 0.325 e. The van der Waals surface area contributed by atoms with Crippen LogP contribution in [0.1, 0.15) is 18.4 Å². The third kappa shape index (κ3) is 1.56. The molecule has 0 bridgehead atoms. The number of esters is 1. The lowest BCUT2D eigenvalue weighted by molar-refractivity contribution is -0.141. The zero-order valence-corrected chi connectivity index (χ0v) is 9.19. The molecule has 1 atom stereocenters. The first-order valence-electron chi connectivity index (χ1n) is 5.85. The molecule has 1 aromatic rings. The van der Waals surface area contributed by atoms with E-state index in [2.05, 4.69) is 23.1 Å². The number of anilines is 1. The zero-order chi connectivity index (χ0) is 11.0. The summed E-state index contributed by atoms with van der Waals surface area (Å²) in [5.74, 6) is -0.0980. The summed E-state index contributed by atoms with van der Waals surface area (Å²) >= 11 is 0. The van der Waals surface area contributed by atoms with E-state index in [4.69, 9.17) is 4.74 Å². The van der Waals surface area contributed by atoms with Crippen LogP contribution in [-0.4, -0.2) is 25.2 Å². The molecular weight excluding hydrogens is 202 g/mol. The van der Waals surface area contributed by atoms with Crippen molar-refractivity contribution in [2.45, 2.75) is 25.3 Å². The Kier molecular flexibility index (Phi) is 2.31. The number of carbonyl (C=O) groups is 1. The molecule has 1 fully saturated rings. The summed E-state index contributed by atoms with van der Waals surface area (Å²) in [5, 5.41) is 0. The van der Waals surface area contributed by atoms with E-state index in [0.717, 1.165) is 19.3 Å². The van der Waals surface area contributed by atoms with E-state index in [0.29, 0.717) is 19.2 Å². The summed E-state index contributed by atoms with van der Waals surface area (Å²) < 4.78 is 5.13. The lowest BCUT2D eigenvalue weighted by Gasteiger charge is -2.36. The topological polar surface area (TPSA) is 29.5 Å². The first-order valence-corrected chi connectivity index (χ1v) is 5.85. The number of nitrogens with zero attached hydrogens (tertiary/aromatic N) is 1. The van der Waals surface area contributed by atoms with Crippen LogP contribution >= 0.6 is 0 Å². The van der Waals surface area contributed by atoms with Crippen molar-refractivity contribution in [2.24, 2.45) is 0 Å². The molecule has 0 saturated carbocycles. The fraction of sp³-hybridized carbons (Fsp3) is 0.462. The van der Waals surface area contributed by atoms with Crippen molar-refractivity contribution in [3.63, 3.8) is 0 Å². The van der Waals surface area contributed by atoms with Gasteiger partial charge >= 0.3 is 5.97 Å². The largest absolute Gasteiger partial charge is 0.464 e. The highest BCUT2D eigenvalue weighted by molar-refractivity contribution is 5.77. The number of benzene rings is 1. The van der Waals surface area contributed by atoms with E-state index in [9.17, 15) is 4.79 Å². The maximum Gasteiger partial charge on any atom is 0.325 e. The molecule has 3 nitrogen and oxygen atoms in total. The normalized spacial score (nSPS) is 24.1. The van der Waals surface area contributed by atoms with Gasteiger partial charge in [0.05, 0.1) is 6.61 Å². The highest BCUT2D eigenvalue weighted by Gasteiger charge is 2.30. The number of hydrogen-bond donors (Lipinski definition) is 0. The van der Waals surface area contributed by atoms with Gasteiger partial charge in [0.1, 0.15) is 6.54 Å². The molecule has 0 aliphatic carbocycles. The lowest BCUT2D eigenvalue weighted by Crippen LogP contribution is -2.40. The minimum absolute atomic E-state index is 0.0980. The molecule has 2 heterocycles. The van der Waals surface area contributed by atoms with Crippen molar-refractivity contribution in [2.75, 3.05) is 18.1 Å². The molecule has 0 amide bonds. The van der Waals surface area contributed by atoms with Gasteiger partial charge in [0.25, 0.3) is 0 Å². The third-order valence-corrected chi connectivity index (χ3v) is 3.50. The second-order valence-electron chi connectivity index (χ2n) is 4.46. The first-order chi connectivity index (χ1) is 7.84. The van der Waals surface area contributed by atoms with Crippen LogP contribution in [0.25, 0.3) is 0 Å². The van der Waals surface area contributed by atoms with Gasteiger partial charge in [0, 0.05) is 18.2 Å². The van der Waals surface area contributed by atoms with Crippen LogP contribution in [0.2, 0.25) is 0 Å². The number of rotatable bonds is 0. The Hall–Kier alpha value is -1.51. The van der Waals surface area contributed by atoms with Crippen molar-refractivity contribution in [3.8, 4) is 0 Å². The minimum Gasteiger partial charge on any atom is -0.464 e. The number of hydrogen-bond acceptors (Lipinski definition) is 3. The van der Waals surface area contributed by atoms with Gasteiger partial charge in [-0.3, -0.25) is 4.79 Å². The molecule has 2 aliphatic rings. The van der Waals surface area contributed by atoms with Crippen LogP contribution in [-0.2, 0) is 16.0 Å². The molecule has 2 aliphatic heterocycles. The predicted octanol–water partition coefficient (Wildman–Crippen LogP) is 1.75. The molecule has 3 heteroatoms. The van der Waals surface area contributed by atoms with Crippen LogP contribution in [0.4, 0.5) is 5.69 Å². The fourth-order valence-corrected chi connectivity index (χ4v) is 2.69. The monoisotopic (exact) mass is 217 g/mol. The Balaban J connectivity index is 1.98. The maximum absolute atomic E-state index is 11.5. The van der Waals surface area contributed by atoms with E-state index in [-0.39, 0.29) is 5.97 Å². The van der Waals surface area contributed by atoms with Crippen molar-refractivity contribution in [3.05, 3.63) is 29.8 Å². The van der Waals surface area contributed by atoms with Crippen molar-refractivity contribution < 1.29 is 9.53 Å².